The molecule has 0 atom stereocenters. The van der Waals surface area contributed by atoms with Crippen LogP contribution >= 0.6 is 0 Å². The molecule has 0 aromatic heterocycles. The van der Waals surface area contributed by atoms with Crippen LogP contribution in [0.5, 0.6) is 0 Å². The second kappa shape index (κ2) is 23.6. The van der Waals surface area contributed by atoms with Crippen LogP contribution in [0.4, 0.5) is 9.05 Å². The molecule has 1 nitrogen and oxygen atoms in total. The summed E-state index contributed by atoms with van der Waals surface area (Å²) in [5, 5.41) is 1.25. The van der Waals surface area contributed by atoms with E-state index < -0.39 is 0 Å². The molecule has 0 saturated carbocycles. The SMILES string of the molecule is FOF.[Al].[Si]. The van der Waals surface area contributed by atoms with Crippen LogP contribution in [-0.2, 0) is 5.15 Å². The topological polar surface area (TPSA) is 9.23 Å². The van der Waals surface area contributed by atoms with Crippen LogP contribution in [0.1, 0.15) is 0 Å². The van der Waals surface area contributed by atoms with Crippen molar-refractivity contribution in [3.05, 3.63) is 0 Å². The molecule has 0 amide bonds. The van der Waals surface area contributed by atoms with E-state index in [0.29, 0.717) is 0 Å². The monoisotopic (exact) mass is 109 g/mol. The molecular formula is AlF2OSi. The van der Waals surface area contributed by atoms with Crippen molar-refractivity contribution in [2.75, 3.05) is 0 Å². The van der Waals surface area contributed by atoms with Gasteiger partial charge in [0.05, 0.1) is 0 Å². The van der Waals surface area contributed by atoms with Gasteiger partial charge in [-0.05, 0) is 9.05 Å². The zero-order chi connectivity index (χ0) is 2.71. The molecule has 7 radical (unpaired) electrons. The third kappa shape index (κ3) is 93.1. The first-order valence-corrected chi connectivity index (χ1v) is 0.309. The van der Waals surface area contributed by atoms with E-state index in [1.165, 1.54) is 5.15 Å². The third-order valence-corrected chi connectivity index (χ3v) is 0. The lowest BCUT2D eigenvalue weighted by molar-refractivity contribution is -0.317. The Morgan fingerprint density at radius 2 is 1.20 bits per heavy atom. The molecule has 0 rings (SSSR count). The molecule has 0 heterocycles. The van der Waals surface area contributed by atoms with Crippen molar-refractivity contribution in [1.82, 2.24) is 0 Å². The zero-order valence-corrected chi connectivity index (χ0v) is 4.40. The Morgan fingerprint density at radius 1 is 1.20 bits per heavy atom. The molecule has 0 fully saturated rings. The van der Waals surface area contributed by atoms with E-state index in [0.717, 1.165) is 0 Å². The van der Waals surface area contributed by atoms with Crippen molar-refractivity contribution >= 4 is 28.3 Å². The van der Waals surface area contributed by atoms with E-state index in [9.17, 15) is 0 Å². The second-order valence-electron chi connectivity index (χ2n) is 0.0583. The maximum absolute atomic E-state index is 9.12. The van der Waals surface area contributed by atoms with E-state index in [-0.39, 0.29) is 28.3 Å². The number of hydrogen-bond donors (Lipinski definition) is 0. The number of rotatable bonds is 0. The Balaban J connectivity index is -0.0000000200. The van der Waals surface area contributed by atoms with Gasteiger partial charge in [-0.25, -0.2) is 0 Å². The summed E-state index contributed by atoms with van der Waals surface area (Å²) in [5.41, 5.74) is 0. The Hall–Kier alpha value is 0.569. The van der Waals surface area contributed by atoms with Gasteiger partial charge in [0.25, 0.3) is 0 Å². The number of hydrogen-bond acceptors (Lipinski definition) is 1. The highest BCUT2D eigenvalue weighted by molar-refractivity contribution is 5.76. The molecule has 0 aromatic carbocycles. The molecule has 5 heteroatoms. The van der Waals surface area contributed by atoms with Crippen molar-refractivity contribution < 1.29 is 14.2 Å². The fourth-order valence-electron chi connectivity index (χ4n) is 0. The lowest BCUT2D eigenvalue weighted by atomic mass is 15.4. The van der Waals surface area contributed by atoms with Crippen LogP contribution in [0.15, 0.2) is 0 Å². The van der Waals surface area contributed by atoms with Crippen LogP contribution in [0.25, 0.3) is 0 Å². The molecular weight excluding hydrogens is 109 g/mol. The molecule has 0 aliphatic rings. The molecule has 0 aliphatic carbocycles. The standard InChI is InChI=1S/Al.F2O.Si/c;1-3-2;. The Bertz CT molecular complexity index is 9.61. The van der Waals surface area contributed by atoms with E-state index in [1.807, 2.05) is 0 Å². The van der Waals surface area contributed by atoms with Crippen molar-refractivity contribution in [2.45, 2.75) is 0 Å². The van der Waals surface area contributed by atoms with Gasteiger partial charge in [-0.15, -0.1) is 0 Å². The van der Waals surface area contributed by atoms with Crippen LogP contribution in [-0.4, -0.2) is 28.3 Å². The normalized spacial score (nSPS) is 3.60. The van der Waals surface area contributed by atoms with Crippen LogP contribution in [0.2, 0.25) is 0 Å². The minimum atomic E-state index is 0. The molecule has 27 valence electrons. The molecule has 0 unspecified atom stereocenters. The quantitative estimate of drug-likeness (QED) is 0.398. The van der Waals surface area contributed by atoms with E-state index in [2.05, 4.69) is 0 Å². The van der Waals surface area contributed by atoms with Crippen molar-refractivity contribution in [3.8, 4) is 0 Å². The summed E-state index contributed by atoms with van der Waals surface area (Å²) >= 11 is 0. The average Bonchev–Trinajstić information content (AvgIpc) is 0.918. The first-order chi connectivity index (χ1) is 1.41. The highest BCUT2D eigenvalue weighted by Crippen LogP contribution is 1.61. The number of halogens is 2. The van der Waals surface area contributed by atoms with Gasteiger partial charge in [0, 0.05) is 33.5 Å². The van der Waals surface area contributed by atoms with E-state index in [4.69, 9.17) is 9.05 Å². The summed E-state index contributed by atoms with van der Waals surface area (Å²) in [7, 11) is 0. The predicted molar refractivity (Wildman–Crippen MR) is 14.8 cm³/mol. The van der Waals surface area contributed by atoms with Gasteiger partial charge in [-0.3, -0.25) is 0 Å². The minimum absolute atomic E-state index is 0. The predicted octanol–water partition coefficient (Wildman–Crippen LogP) is 0.0104. The maximum atomic E-state index is 9.12. The van der Waals surface area contributed by atoms with Gasteiger partial charge in [0.1, 0.15) is 0 Å². The maximum Gasteiger partial charge on any atom is 0.0209 e. The third-order valence-electron chi connectivity index (χ3n) is 0. The Labute approximate surface area is 43.3 Å². The van der Waals surface area contributed by atoms with E-state index in [1.54, 1.807) is 0 Å². The molecule has 0 spiro atoms. The second-order valence-corrected chi connectivity index (χ2v) is 0.0583. The van der Waals surface area contributed by atoms with E-state index >= 15 is 0 Å². The minimum Gasteiger partial charge on any atom is -0.0104 e. The summed E-state index contributed by atoms with van der Waals surface area (Å²) in [4.78, 5) is 0. The summed E-state index contributed by atoms with van der Waals surface area (Å²) in [6, 6.07) is 0. The lowest BCUT2D eigenvalue weighted by Crippen LogP contribution is -1.26. The fraction of sp³-hybridized carbons (Fsp3) is 0. The van der Waals surface area contributed by atoms with Crippen molar-refractivity contribution in [1.29, 1.82) is 0 Å². The largest absolute Gasteiger partial charge is 0.0209 e. The van der Waals surface area contributed by atoms with Crippen molar-refractivity contribution in [3.63, 3.8) is 0 Å². The van der Waals surface area contributed by atoms with Crippen LogP contribution in [0.3, 0.4) is 0 Å². The smallest absolute Gasteiger partial charge is 0.0104 e. The highest BCUT2D eigenvalue weighted by Gasteiger charge is 1.42. The fourth-order valence-corrected chi connectivity index (χ4v) is 0. The van der Waals surface area contributed by atoms with Crippen LogP contribution < -0.4 is 0 Å². The summed E-state index contributed by atoms with van der Waals surface area (Å²) in [6.07, 6.45) is 0. The molecule has 0 aromatic rings. The van der Waals surface area contributed by atoms with Gasteiger partial charge in [0.2, 0.25) is 0 Å². The lowest BCUT2D eigenvalue weighted by Gasteiger charge is -1.41. The molecule has 0 bridgehead atoms. The van der Waals surface area contributed by atoms with Gasteiger partial charge in [0.15, 0.2) is 0 Å². The molecule has 5 heavy (non-hydrogen) atoms. The van der Waals surface area contributed by atoms with Crippen LogP contribution in [0, 0.1) is 0 Å². The summed E-state index contributed by atoms with van der Waals surface area (Å²) in [5.74, 6) is 0. The van der Waals surface area contributed by atoms with Gasteiger partial charge in [-0.1, -0.05) is 0 Å². The van der Waals surface area contributed by atoms with Gasteiger partial charge < -0.3 is 0 Å². The van der Waals surface area contributed by atoms with Gasteiger partial charge in [-0.2, -0.15) is 0 Å². The first-order valence-electron chi connectivity index (χ1n) is 0.309. The molecule has 0 N–H and O–H groups in total. The first kappa shape index (κ1) is 17.6. The molecule has 0 aliphatic heterocycles. The molecule has 0 saturated heterocycles. The van der Waals surface area contributed by atoms with Gasteiger partial charge >= 0.3 is 0 Å². The average molecular weight is 109 g/mol. The summed E-state index contributed by atoms with van der Waals surface area (Å²) in [6.45, 7) is 0. The Kier molecular flexibility index (Phi) is 83.3. The zero-order valence-electron chi connectivity index (χ0n) is 2.24. The highest BCUT2D eigenvalue weighted by atomic mass is 28.1. The van der Waals surface area contributed by atoms with Crippen molar-refractivity contribution in [2.24, 2.45) is 0 Å². The summed E-state index contributed by atoms with van der Waals surface area (Å²) < 4.78 is 18.2. The Morgan fingerprint density at radius 3 is 1.20 bits per heavy atom.